The summed E-state index contributed by atoms with van der Waals surface area (Å²) in [4.78, 5) is 62.7. The minimum absolute atomic E-state index is 0.00909. The van der Waals surface area contributed by atoms with Crippen molar-refractivity contribution in [1.82, 2.24) is 15.3 Å². The predicted octanol–water partition coefficient (Wildman–Crippen LogP) is 0.495. The van der Waals surface area contributed by atoms with E-state index in [4.69, 9.17) is 18.9 Å². The van der Waals surface area contributed by atoms with Crippen LogP contribution in [-0.2, 0) is 47.8 Å². The fourth-order valence-electron chi connectivity index (χ4n) is 2.98. The number of carbonyl (C=O) groups excluding carboxylic acids is 5. The second kappa shape index (κ2) is 19.9. The molecule has 1 saturated heterocycles. The van der Waals surface area contributed by atoms with Crippen molar-refractivity contribution in [1.29, 1.82) is 0 Å². The number of ether oxygens (including phenoxy) is 4. The molecule has 2 aliphatic heterocycles. The van der Waals surface area contributed by atoms with E-state index in [2.05, 4.69) is 16.7 Å². The molecule has 4 amide bonds. The van der Waals surface area contributed by atoms with E-state index in [1.54, 1.807) is 13.2 Å². The normalized spacial score (nSPS) is 14.7. The molecule has 0 unspecified atom stereocenters. The minimum Gasteiger partial charge on any atom is -0.382 e. The summed E-state index contributed by atoms with van der Waals surface area (Å²) in [6.07, 6.45) is 4.47. The van der Waals surface area contributed by atoms with Gasteiger partial charge in [-0.3, -0.25) is 19.2 Å². The van der Waals surface area contributed by atoms with Crippen LogP contribution < -0.4 is 5.32 Å². The molecule has 2 heterocycles. The Hall–Kier alpha value is -3.13. The van der Waals surface area contributed by atoms with E-state index in [0.29, 0.717) is 63.5 Å². The van der Waals surface area contributed by atoms with Gasteiger partial charge in [0.25, 0.3) is 17.7 Å². The third-order valence-electron chi connectivity index (χ3n) is 4.96. The molecule has 0 bridgehead atoms. The number of hydroxylamine groups is 2. The number of imide groups is 1. The van der Waals surface area contributed by atoms with Gasteiger partial charge in [-0.1, -0.05) is 13.5 Å². The number of nitrogens with one attached hydrogen (secondary N) is 1. The van der Waals surface area contributed by atoms with Crippen LogP contribution in [0.2, 0.25) is 0 Å². The van der Waals surface area contributed by atoms with Crippen LogP contribution in [-0.4, -0.2) is 106 Å². The van der Waals surface area contributed by atoms with Crippen molar-refractivity contribution in [2.45, 2.75) is 39.0 Å². The van der Waals surface area contributed by atoms with Crippen molar-refractivity contribution in [3.8, 4) is 0 Å². The molecule has 1 N–H and O–H groups in total. The van der Waals surface area contributed by atoms with E-state index in [-0.39, 0.29) is 44.1 Å². The molecule has 214 valence electrons. The van der Waals surface area contributed by atoms with Gasteiger partial charge in [-0.25, -0.2) is 4.79 Å². The van der Waals surface area contributed by atoms with Gasteiger partial charge in [0, 0.05) is 57.8 Å². The molecule has 0 atom stereocenters. The van der Waals surface area contributed by atoms with Crippen LogP contribution in [0.3, 0.4) is 0 Å². The summed E-state index contributed by atoms with van der Waals surface area (Å²) in [5, 5.41) is 3.25. The van der Waals surface area contributed by atoms with Gasteiger partial charge in [0.05, 0.1) is 46.1 Å². The first-order valence-corrected chi connectivity index (χ1v) is 12.5. The highest BCUT2D eigenvalue weighted by molar-refractivity contribution is 6.01. The number of nitrogens with zero attached hydrogens (tertiary/aromatic N) is 2. The van der Waals surface area contributed by atoms with Crippen molar-refractivity contribution in [3.05, 3.63) is 24.4 Å². The van der Waals surface area contributed by atoms with Crippen molar-refractivity contribution < 1.29 is 47.8 Å². The summed E-state index contributed by atoms with van der Waals surface area (Å²) in [6.45, 7) is 9.78. The second-order valence-electron chi connectivity index (χ2n) is 8.04. The number of hydrogen-bond acceptors (Lipinski definition) is 10. The Bertz CT molecular complexity index is 796. The molecular formula is C25H39N3O10. The lowest BCUT2D eigenvalue weighted by Crippen LogP contribution is -2.32. The summed E-state index contributed by atoms with van der Waals surface area (Å²) in [6, 6.07) is 0. The maximum absolute atomic E-state index is 11.5. The fraction of sp³-hybridized carbons (Fsp3) is 0.640. The second-order valence-corrected chi connectivity index (χ2v) is 8.04. The topological polar surface area (TPSA) is 150 Å². The molecule has 0 spiro atoms. The molecule has 13 nitrogen and oxygen atoms in total. The van der Waals surface area contributed by atoms with Crippen LogP contribution >= 0.6 is 0 Å². The lowest BCUT2D eigenvalue weighted by molar-refractivity contribution is -0.198. The van der Waals surface area contributed by atoms with Gasteiger partial charge in [0.15, 0.2) is 0 Å². The standard InChI is InChI=1S/C13H20N2O4.C12H19NO6/c1-11-3-4-13(17)15(11)7-5-12(16)14-6-8-19-10-9-18-2;1-2-6-17-8-9-18-7-5-12(16)19-13-10(14)3-4-11(13)15/h3-4H,1,5-10H2,2H3,(H,14,16);2-9H2,1H3. The zero-order valence-electron chi connectivity index (χ0n) is 22.2. The fourth-order valence-corrected chi connectivity index (χ4v) is 2.98. The lowest BCUT2D eigenvalue weighted by atomic mass is 10.3. The Morgan fingerprint density at radius 1 is 0.895 bits per heavy atom. The van der Waals surface area contributed by atoms with Crippen LogP contribution in [0.4, 0.5) is 0 Å². The molecule has 0 aliphatic carbocycles. The van der Waals surface area contributed by atoms with Gasteiger partial charge in [-0.05, 0) is 12.5 Å². The molecule has 13 heteroatoms. The first-order valence-electron chi connectivity index (χ1n) is 12.5. The molecule has 38 heavy (non-hydrogen) atoms. The van der Waals surface area contributed by atoms with Crippen LogP contribution in [0, 0.1) is 0 Å². The third-order valence-corrected chi connectivity index (χ3v) is 4.96. The van der Waals surface area contributed by atoms with Crippen molar-refractivity contribution in [2.24, 2.45) is 0 Å². The Labute approximate surface area is 223 Å². The molecule has 0 radical (unpaired) electrons. The van der Waals surface area contributed by atoms with Crippen LogP contribution in [0.25, 0.3) is 0 Å². The van der Waals surface area contributed by atoms with Crippen LogP contribution in [0.15, 0.2) is 24.4 Å². The quantitative estimate of drug-likeness (QED) is 0.192. The van der Waals surface area contributed by atoms with Gasteiger partial charge < -0.3 is 34.0 Å². The highest BCUT2D eigenvalue weighted by Crippen LogP contribution is 2.13. The maximum atomic E-state index is 11.5. The van der Waals surface area contributed by atoms with Gasteiger partial charge in [0.2, 0.25) is 5.91 Å². The highest BCUT2D eigenvalue weighted by atomic mass is 16.7. The lowest BCUT2D eigenvalue weighted by Gasteiger charge is -2.16. The minimum atomic E-state index is -0.655. The third kappa shape index (κ3) is 14.0. The number of carbonyl (C=O) groups is 5. The van der Waals surface area contributed by atoms with Crippen molar-refractivity contribution >= 4 is 29.6 Å². The zero-order chi connectivity index (χ0) is 28.2. The first kappa shape index (κ1) is 32.9. The average molecular weight is 542 g/mol. The first-order chi connectivity index (χ1) is 18.3. The molecule has 0 aromatic carbocycles. The Morgan fingerprint density at radius 2 is 1.53 bits per heavy atom. The van der Waals surface area contributed by atoms with Gasteiger partial charge in [0.1, 0.15) is 0 Å². The number of amides is 4. The number of hydrogen-bond donors (Lipinski definition) is 1. The van der Waals surface area contributed by atoms with E-state index in [1.165, 1.54) is 11.0 Å². The SMILES string of the molecule is C=C1C=CC(=O)N1CCC(=O)NCCOCCOC.CCCOCCOCCC(=O)ON1C(=O)CCC1=O. The van der Waals surface area contributed by atoms with E-state index < -0.39 is 17.8 Å². The highest BCUT2D eigenvalue weighted by Gasteiger charge is 2.32. The van der Waals surface area contributed by atoms with Gasteiger partial charge in [-0.2, -0.15) is 0 Å². The van der Waals surface area contributed by atoms with Crippen LogP contribution in [0.1, 0.15) is 39.0 Å². The number of allylic oxidation sites excluding steroid dienone is 1. The van der Waals surface area contributed by atoms with E-state index >= 15 is 0 Å². The molecule has 2 aliphatic rings. The Kier molecular flexibility index (Phi) is 17.2. The van der Waals surface area contributed by atoms with E-state index in [0.717, 1.165) is 6.42 Å². The molecule has 0 aromatic rings. The average Bonchev–Trinajstić information content (AvgIpc) is 3.39. The molecular weight excluding hydrogens is 502 g/mol. The molecule has 0 saturated carbocycles. The molecule has 2 rings (SSSR count). The smallest absolute Gasteiger partial charge is 0.335 e. The largest absolute Gasteiger partial charge is 0.382 e. The summed E-state index contributed by atoms with van der Waals surface area (Å²) in [7, 11) is 1.60. The Morgan fingerprint density at radius 3 is 2.13 bits per heavy atom. The summed E-state index contributed by atoms with van der Waals surface area (Å²) >= 11 is 0. The summed E-state index contributed by atoms with van der Waals surface area (Å²) < 4.78 is 20.4. The monoisotopic (exact) mass is 541 g/mol. The van der Waals surface area contributed by atoms with E-state index in [1.807, 2.05) is 6.92 Å². The molecule has 0 aromatic heterocycles. The van der Waals surface area contributed by atoms with Gasteiger partial charge in [-0.15, -0.1) is 5.06 Å². The Balaban J connectivity index is 0.000000380. The summed E-state index contributed by atoms with van der Waals surface area (Å²) in [5.41, 5.74) is 0.626. The molecule has 1 fully saturated rings. The van der Waals surface area contributed by atoms with Gasteiger partial charge >= 0.3 is 5.97 Å². The van der Waals surface area contributed by atoms with Crippen molar-refractivity contribution in [2.75, 3.05) is 66.4 Å². The maximum Gasteiger partial charge on any atom is 0.335 e. The van der Waals surface area contributed by atoms with E-state index in [9.17, 15) is 24.0 Å². The summed E-state index contributed by atoms with van der Waals surface area (Å²) in [5.74, 6) is -1.85. The number of rotatable bonds is 18. The number of methoxy groups -OCH3 is 1. The van der Waals surface area contributed by atoms with Crippen LogP contribution in [0.5, 0.6) is 0 Å². The van der Waals surface area contributed by atoms with Crippen molar-refractivity contribution in [3.63, 3.8) is 0 Å². The zero-order valence-corrected chi connectivity index (χ0v) is 22.2. The predicted molar refractivity (Wildman–Crippen MR) is 134 cm³/mol.